The molecule has 0 fully saturated rings. The van der Waals surface area contributed by atoms with Crippen molar-refractivity contribution in [3.8, 4) is 11.5 Å². The average Bonchev–Trinajstić information content (AvgIpc) is 3.24. The van der Waals surface area contributed by atoms with Crippen LogP contribution >= 0.6 is 11.8 Å². The van der Waals surface area contributed by atoms with Crippen molar-refractivity contribution in [2.45, 2.75) is 11.6 Å². The summed E-state index contributed by atoms with van der Waals surface area (Å²) in [7, 11) is 0. The number of thioether (sulfide) groups is 1. The van der Waals surface area contributed by atoms with Gasteiger partial charge in [0.15, 0.2) is 11.5 Å². The van der Waals surface area contributed by atoms with Crippen LogP contribution in [0.4, 0.5) is 10.1 Å². The molecule has 9 heteroatoms. The van der Waals surface area contributed by atoms with Crippen molar-refractivity contribution in [1.29, 1.82) is 0 Å². The predicted octanol–water partition coefficient (Wildman–Crippen LogP) is 3.61. The zero-order valence-electron chi connectivity index (χ0n) is 16.3. The normalized spacial score (nSPS) is 11.8. The van der Waals surface area contributed by atoms with Crippen molar-refractivity contribution in [3.05, 3.63) is 77.7 Å². The van der Waals surface area contributed by atoms with Crippen molar-refractivity contribution in [3.63, 3.8) is 0 Å². The molecule has 0 saturated heterocycles. The summed E-state index contributed by atoms with van der Waals surface area (Å²) in [6.07, 6.45) is 1.56. The number of carbonyl (C=O) groups is 2. The number of hydrogen-bond donors (Lipinski definition) is 2. The highest BCUT2D eigenvalue weighted by Crippen LogP contribution is 2.34. The van der Waals surface area contributed by atoms with Gasteiger partial charge in [0.25, 0.3) is 5.91 Å². The Labute approximate surface area is 182 Å². The maximum atomic E-state index is 13.3. The molecule has 158 valence electrons. The third-order valence-electron chi connectivity index (χ3n) is 4.35. The number of ether oxygens (including phenoxy) is 2. The molecule has 2 N–H and O–H groups in total. The minimum Gasteiger partial charge on any atom is -0.454 e. The molecule has 0 radical (unpaired) electrons. The van der Waals surface area contributed by atoms with Crippen LogP contribution in [-0.2, 0) is 11.3 Å². The number of amides is 2. The van der Waals surface area contributed by atoms with Crippen LogP contribution in [0, 0.1) is 5.82 Å². The van der Waals surface area contributed by atoms with Crippen molar-refractivity contribution in [2.75, 3.05) is 17.9 Å². The van der Waals surface area contributed by atoms with Crippen LogP contribution in [0.5, 0.6) is 11.5 Å². The number of halogens is 1. The molecule has 0 atom stereocenters. The number of anilines is 1. The van der Waals surface area contributed by atoms with E-state index in [9.17, 15) is 14.0 Å². The number of carbonyl (C=O) groups excluding carboxylic acids is 2. The van der Waals surface area contributed by atoms with E-state index in [2.05, 4.69) is 15.6 Å². The zero-order valence-corrected chi connectivity index (χ0v) is 17.1. The van der Waals surface area contributed by atoms with Crippen LogP contribution in [0.25, 0.3) is 0 Å². The summed E-state index contributed by atoms with van der Waals surface area (Å²) in [5, 5.41) is 5.96. The quantitative estimate of drug-likeness (QED) is 0.547. The van der Waals surface area contributed by atoms with Crippen LogP contribution in [0.15, 0.2) is 65.8 Å². The second kappa shape index (κ2) is 9.48. The maximum absolute atomic E-state index is 13.3. The Morgan fingerprint density at radius 1 is 1.06 bits per heavy atom. The molecule has 1 aliphatic heterocycles. The van der Waals surface area contributed by atoms with Crippen molar-refractivity contribution in [1.82, 2.24) is 10.3 Å². The van der Waals surface area contributed by atoms with E-state index < -0.39 is 0 Å². The van der Waals surface area contributed by atoms with Gasteiger partial charge in [-0.2, -0.15) is 0 Å². The molecule has 4 rings (SSSR count). The fourth-order valence-electron chi connectivity index (χ4n) is 2.91. The summed E-state index contributed by atoms with van der Waals surface area (Å²) in [6.45, 7) is 0.340. The molecule has 0 unspecified atom stereocenters. The number of nitrogens with one attached hydrogen (secondary N) is 2. The molecule has 2 amide bonds. The summed E-state index contributed by atoms with van der Waals surface area (Å²) < 4.78 is 23.8. The molecule has 0 spiro atoms. The first-order valence-corrected chi connectivity index (χ1v) is 10.4. The lowest BCUT2D eigenvalue weighted by Crippen LogP contribution is -2.24. The molecule has 2 heterocycles. The fourth-order valence-corrected chi connectivity index (χ4v) is 3.70. The van der Waals surface area contributed by atoms with Crippen LogP contribution in [-0.4, -0.2) is 29.3 Å². The second-order valence-corrected chi connectivity index (χ2v) is 7.54. The molecule has 0 aliphatic carbocycles. The summed E-state index contributed by atoms with van der Waals surface area (Å²) in [4.78, 5) is 29.1. The summed E-state index contributed by atoms with van der Waals surface area (Å²) >= 11 is 1.15. The molecule has 1 aromatic heterocycles. The van der Waals surface area contributed by atoms with Crippen molar-refractivity contribution in [2.24, 2.45) is 0 Å². The Morgan fingerprint density at radius 3 is 2.81 bits per heavy atom. The van der Waals surface area contributed by atoms with Crippen molar-refractivity contribution >= 4 is 29.3 Å². The van der Waals surface area contributed by atoms with Gasteiger partial charge in [-0.25, -0.2) is 9.37 Å². The minimum atomic E-state index is -0.363. The first kappa shape index (κ1) is 20.7. The molecule has 0 saturated carbocycles. The van der Waals surface area contributed by atoms with E-state index in [1.165, 1.54) is 12.1 Å². The molecule has 3 aromatic rings. The van der Waals surface area contributed by atoms with Gasteiger partial charge in [-0.1, -0.05) is 23.9 Å². The van der Waals surface area contributed by atoms with E-state index in [1.54, 1.807) is 48.7 Å². The summed E-state index contributed by atoms with van der Waals surface area (Å²) in [5.41, 5.74) is 1.58. The number of nitrogens with zero attached hydrogens (tertiary/aromatic N) is 1. The van der Waals surface area contributed by atoms with E-state index in [0.717, 1.165) is 11.8 Å². The van der Waals surface area contributed by atoms with Gasteiger partial charge in [0.2, 0.25) is 12.7 Å². The van der Waals surface area contributed by atoms with Gasteiger partial charge in [0, 0.05) is 24.5 Å². The lowest BCUT2D eigenvalue weighted by atomic mass is 10.2. The van der Waals surface area contributed by atoms with E-state index in [4.69, 9.17) is 9.47 Å². The van der Waals surface area contributed by atoms with Gasteiger partial charge in [-0.15, -0.1) is 0 Å². The summed E-state index contributed by atoms with van der Waals surface area (Å²) in [6, 6.07) is 14.4. The monoisotopic (exact) mass is 439 g/mol. The zero-order chi connectivity index (χ0) is 21.6. The molecule has 2 aromatic carbocycles. The highest BCUT2D eigenvalue weighted by atomic mass is 32.2. The first-order chi connectivity index (χ1) is 15.1. The lowest BCUT2D eigenvalue weighted by molar-refractivity contribution is -0.113. The highest BCUT2D eigenvalue weighted by Gasteiger charge is 2.16. The standard InChI is InChI=1S/C22H18FN3O4S/c23-15-4-1-3-14(9-15)11-25-21(28)17-5-2-8-24-22(17)31-12-20(27)26-16-6-7-18-19(10-16)30-13-29-18/h1-10H,11-13H2,(H,25,28)(H,26,27). The van der Waals surface area contributed by atoms with Gasteiger partial charge in [0.1, 0.15) is 10.8 Å². The first-order valence-electron chi connectivity index (χ1n) is 9.38. The van der Waals surface area contributed by atoms with Crippen LogP contribution < -0.4 is 20.1 Å². The molecule has 1 aliphatic rings. The average molecular weight is 439 g/mol. The third-order valence-corrected chi connectivity index (χ3v) is 5.36. The van der Waals surface area contributed by atoms with Gasteiger partial charge >= 0.3 is 0 Å². The largest absolute Gasteiger partial charge is 0.454 e. The topological polar surface area (TPSA) is 89.6 Å². The van der Waals surface area contributed by atoms with E-state index in [1.807, 2.05) is 0 Å². The number of rotatable bonds is 7. The Kier molecular flexibility index (Phi) is 6.32. The van der Waals surface area contributed by atoms with E-state index in [0.29, 0.717) is 33.3 Å². The van der Waals surface area contributed by atoms with Gasteiger partial charge in [-0.05, 0) is 42.0 Å². The van der Waals surface area contributed by atoms with Crippen molar-refractivity contribution < 1.29 is 23.5 Å². The molecule has 31 heavy (non-hydrogen) atoms. The van der Waals surface area contributed by atoms with Gasteiger partial charge in [0.05, 0.1) is 11.3 Å². The van der Waals surface area contributed by atoms with E-state index >= 15 is 0 Å². The third kappa shape index (κ3) is 5.32. The smallest absolute Gasteiger partial charge is 0.254 e. The van der Waals surface area contributed by atoms with Gasteiger partial charge in [-0.3, -0.25) is 9.59 Å². The van der Waals surface area contributed by atoms with Crippen LogP contribution in [0.3, 0.4) is 0 Å². The van der Waals surface area contributed by atoms with E-state index in [-0.39, 0.29) is 36.7 Å². The highest BCUT2D eigenvalue weighted by molar-refractivity contribution is 8.00. The number of fused-ring (bicyclic) bond motifs is 1. The SMILES string of the molecule is O=C(CSc1ncccc1C(=O)NCc1cccc(F)c1)Nc1ccc2c(c1)OCO2. The minimum absolute atomic E-state index is 0.0651. The number of hydrogen-bond acceptors (Lipinski definition) is 6. The maximum Gasteiger partial charge on any atom is 0.254 e. The molecular formula is C22H18FN3O4S. The molecule has 0 bridgehead atoms. The summed E-state index contributed by atoms with van der Waals surface area (Å²) in [5.74, 6) is 0.312. The number of aromatic nitrogens is 1. The predicted molar refractivity (Wildman–Crippen MR) is 114 cm³/mol. The fraction of sp³-hybridized carbons (Fsp3) is 0.136. The number of benzene rings is 2. The van der Waals surface area contributed by atoms with Crippen LogP contribution in [0.1, 0.15) is 15.9 Å². The Balaban J connectivity index is 1.34. The Hall–Kier alpha value is -3.59. The lowest BCUT2D eigenvalue weighted by Gasteiger charge is -2.10. The Morgan fingerprint density at radius 2 is 1.94 bits per heavy atom. The second-order valence-electron chi connectivity index (χ2n) is 6.57. The van der Waals surface area contributed by atoms with Gasteiger partial charge < -0.3 is 20.1 Å². The molecular weight excluding hydrogens is 421 g/mol. The molecule has 7 nitrogen and oxygen atoms in total. The Bertz CT molecular complexity index is 1130. The number of pyridine rings is 1. The van der Waals surface area contributed by atoms with Crippen LogP contribution in [0.2, 0.25) is 0 Å².